The minimum Gasteiger partial charge on any atom is -0.444 e. The van der Waals surface area contributed by atoms with Gasteiger partial charge >= 0.3 is 6.09 Å². The maximum atomic E-state index is 12.8. The lowest BCUT2D eigenvalue weighted by atomic mass is 9.95. The molecule has 0 aliphatic carbocycles. The number of ether oxygens (including phenoxy) is 1. The summed E-state index contributed by atoms with van der Waals surface area (Å²) < 4.78 is 5.41. The fraction of sp³-hybridized carbons (Fsp3) is 0.500. The molecule has 2 amide bonds. The van der Waals surface area contributed by atoms with E-state index in [1.54, 1.807) is 39.1 Å². The molecule has 1 aromatic carbocycles. The van der Waals surface area contributed by atoms with Gasteiger partial charge in [-0.05, 0) is 72.6 Å². The fourth-order valence-electron chi connectivity index (χ4n) is 3.39. The average Bonchev–Trinajstić information content (AvgIpc) is 2.65. The Morgan fingerprint density at radius 1 is 1.06 bits per heavy atom. The molecular weight excluding hydrogens is 418 g/mol. The van der Waals surface area contributed by atoms with Crippen LogP contribution in [0.4, 0.5) is 4.79 Å². The van der Waals surface area contributed by atoms with Crippen LogP contribution >= 0.6 is 0 Å². The topological polar surface area (TPSA) is 101 Å². The number of carbonyl (C=O) groups excluding carboxylic acids is 2. The summed E-state index contributed by atoms with van der Waals surface area (Å²) in [5.41, 5.74) is 1.85. The molecule has 180 valence electrons. The van der Waals surface area contributed by atoms with Gasteiger partial charge in [-0.15, -0.1) is 0 Å². The monoisotopic (exact) mass is 455 g/mol. The number of hydrogen-bond acceptors (Lipinski definition) is 5. The molecule has 1 heterocycles. The number of aliphatic hydroxyl groups is 1. The number of aromatic nitrogens is 1. The van der Waals surface area contributed by atoms with Crippen LogP contribution in [0, 0.1) is 6.92 Å². The molecule has 0 radical (unpaired) electrons. The smallest absolute Gasteiger partial charge is 0.407 e. The first-order valence-corrected chi connectivity index (χ1v) is 11.2. The lowest BCUT2D eigenvalue weighted by molar-refractivity contribution is 0.0420. The zero-order valence-corrected chi connectivity index (χ0v) is 20.7. The summed E-state index contributed by atoms with van der Waals surface area (Å²) in [6.07, 6.45) is 0.491. The second-order valence-electron chi connectivity index (χ2n) is 10.4. The lowest BCUT2D eigenvalue weighted by Crippen LogP contribution is -2.48. The van der Waals surface area contributed by atoms with Gasteiger partial charge in [0.2, 0.25) is 0 Å². The summed E-state index contributed by atoms with van der Waals surface area (Å²) >= 11 is 0. The molecule has 2 atom stereocenters. The van der Waals surface area contributed by atoms with E-state index in [-0.39, 0.29) is 12.3 Å². The van der Waals surface area contributed by atoms with Crippen LogP contribution in [0.1, 0.15) is 68.7 Å². The molecule has 3 N–H and O–H groups in total. The molecule has 0 saturated carbocycles. The highest BCUT2D eigenvalue weighted by atomic mass is 16.6. The summed E-state index contributed by atoms with van der Waals surface area (Å²) in [6, 6.07) is 10.6. The van der Waals surface area contributed by atoms with E-state index < -0.39 is 29.4 Å². The summed E-state index contributed by atoms with van der Waals surface area (Å²) in [5.74, 6) is -0.256. The molecule has 1 aromatic heterocycles. The van der Waals surface area contributed by atoms with Gasteiger partial charge in [0.05, 0.1) is 23.4 Å². The Morgan fingerprint density at radius 3 is 2.36 bits per heavy atom. The molecule has 0 bridgehead atoms. The largest absolute Gasteiger partial charge is 0.444 e. The van der Waals surface area contributed by atoms with Crippen LogP contribution in [-0.2, 0) is 17.6 Å². The van der Waals surface area contributed by atoms with E-state index in [2.05, 4.69) is 15.6 Å². The van der Waals surface area contributed by atoms with Gasteiger partial charge in [-0.1, -0.05) is 29.8 Å². The first-order chi connectivity index (χ1) is 15.2. The summed E-state index contributed by atoms with van der Waals surface area (Å²) in [4.78, 5) is 29.6. The molecule has 0 saturated heterocycles. The van der Waals surface area contributed by atoms with E-state index in [1.807, 2.05) is 52.0 Å². The van der Waals surface area contributed by atoms with Gasteiger partial charge in [-0.3, -0.25) is 9.78 Å². The molecule has 0 spiro atoms. The second-order valence-corrected chi connectivity index (χ2v) is 10.4. The number of pyridine rings is 1. The van der Waals surface area contributed by atoms with E-state index in [0.29, 0.717) is 17.7 Å². The van der Waals surface area contributed by atoms with Crippen molar-refractivity contribution < 1.29 is 19.4 Å². The van der Waals surface area contributed by atoms with Crippen LogP contribution in [0.3, 0.4) is 0 Å². The van der Waals surface area contributed by atoms with Crippen molar-refractivity contribution in [3.05, 3.63) is 65.0 Å². The fourth-order valence-corrected chi connectivity index (χ4v) is 3.39. The summed E-state index contributed by atoms with van der Waals surface area (Å²) in [6.45, 7) is 13.0. The SMILES string of the molecule is Cc1cccc(C[C@@H](NC(=O)OC(C)(C)C)[C@@H](O)Cc2ncccc2C(=O)NC(C)(C)C)c1. The number of benzene rings is 1. The van der Waals surface area contributed by atoms with Gasteiger partial charge < -0.3 is 20.5 Å². The Kier molecular flexibility index (Phi) is 8.61. The predicted molar refractivity (Wildman–Crippen MR) is 129 cm³/mol. The number of aryl methyl sites for hydroxylation is 1. The van der Waals surface area contributed by atoms with Crippen molar-refractivity contribution in [1.29, 1.82) is 0 Å². The maximum Gasteiger partial charge on any atom is 0.407 e. The number of nitrogens with zero attached hydrogens (tertiary/aromatic N) is 1. The Balaban J connectivity index is 2.26. The number of rotatable bonds is 7. The molecule has 0 aliphatic rings. The summed E-state index contributed by atoms with van der Waals surface area (Å²) in [5, 5.41) is 16.9. The molecule has 33 heavy (non-hydrogen) atoms. The number of carbonyl (C=O) groups is 2. The van der Waals surface area contributed by atoms with Crippen molar-refractivity contribution in [2.75, 3.05) is 0 Å². The number of alkyl carbamates (subject to hydrolysis) is 1. The minimum atomic E-state index is -0.992. The van der Waals surface area contributed by atoms with Crippen LogP contribution in [0.25, 0.3) is 0 Å². The lowest BCUT2D eigenvalue weighted by Gasteiger charge is -2.27. The van der Waals surface area contributed by atoms with E-state index in [9.17, 15) is 14.7 Å². The van der Waals surface area contributed by atoms with Gasteiger partial charge in [0.15, 0.2) is 0 Å². The molecule has 0 aliphatic heterocycles. The van der Waals surface area contributed by atoms with E-state index in [1.165, 1.54) is 0 Å². The number of amides is 2. The molecule has 2 aromatic rings. The zero-order chi connectivity index (χ0) is 24.8. The Bertz CT molecular complexity index is 960. The van der Waals surface area contributed by atoms with E-state index >= 15 is 0 Å². The van der Waals surface area contributed by atoms with Crippen molar-refractivity contribution in [3.63, 3.8) is 0 Å². The Labute approximate surface area is 197 Å². The van der Waals surface area contributed by atoms with Crippen molar-refractivity contribution in [2.24, 2.45) is 0 Å². The molecule has 7 nitrogen and oxygen atoms in total. The second kappa shape index (κ2) is 10.8. The highest BCUT2D eigenvalue weighted by Crippen LogP contribution is 2.16. The summed E-state index contributed by atoms with van der Waals surface area (Å²) in [7, 11) is 0. The number of aliphatic hydroxyl groups excluding tert-OH is 1. The number of nitrogens with one attached hydrogen (secondary N) is 2. The predicted octanol–water partition coefficient (Wildman–Crippen LogP) is 3.96. The van der Waals surface area contributed by atoms with E-state index in [4.69, 9.17) is 4.74 Å². The quantitative estimate of drug-likeness (QED) is 0.587. The van der Waals surface area contributed by atoms with Crippen molar-refractivity contribution in [1.82, 2.24) is 15.6 Å². The van der Waals surface area contributed by atoms with Crippen LogP contribution in [-0.4, -0.2) is 45.4 Å². The zero-order valence-electron chi connectivity index (χ0n) is 20.7. The first kappa shape index (κ1) is 26.3. The van der Waals surface area contributed by atoms with Crippen LogP contribution in [0.2, 0.25) is 0 Å². The van der Waals surface area contributed by atoms with Gasteiger partial charge in [0.25, 0.3) is 5.91 Å². The number of hydrogen-bond donors (Lipinski definition) is 3. The molecule has 0 fully saturated rings. The third-order valence-electron chi connectivity index (χ3n) is 4.73. The Hall–Kier alpha value is -2.93. The van der Waals surface area contributed by atoms with Gasteiger partial charge in [0.1, 0.15) is 5.60 Å². The van der Waals surface area contributed by atoms with Crippen LogP contribution in [0.5, 0.6) is 0 Å². The van der Waals surface area contributed by atoms with Crippen molar-refractivity contribution in [2.45, 2.75) is 84.6 Å². The van der Waals surface area contributed by atoms with Gasteiger partial charge in [0, 0.05) is 18.2 Å². The highest BCUT2D eigenvalue weighted by molar-refractivity contribution is 5.95. The minimum absolute atomic E-state index is 0.0972. The van der Waals surface area contributed by atoms with Gasteiger partial charge in [-0.25, -0.2) is 4.79 Å². The van der Waals surface area contributed by atoms with Crippen LogP contribution < -0.4 is 10.6 Å². The molecule has 2 rings (SSSR count). The highest BCUT2D eigenvalue weighted by Gasteiger charge is 2.27. The first-order valence-electron chi connectivity index (χ1n) is 11.2. The standard InChI is InChI=1S/C26H37N3O4/c1-17-10-8-11-18(14-17)15-21(28-24(32)33-26(5,6)7)22(30)16-20-19(12-9-13-27-20)23(31)29-25(2,3)4/h8-14,21-22,30H,15-16H2,1-7H3,(H,28,32)(H,29,31)/t21-,22+/m1/s1. The third kappa shape index (κ3) is 9.22. The van der Waals surface area contributed by atoms with Crippen LogP contribution in [0.15, 0.2) is 42.6 Å². The normalized spacial score (nSPS) is 13.7. The van der Waals surface area contributed by atoms with E-state index in [0.717, 1.165) is 11.1 Å². The Morgan fingerprint density at radius 2 is 1.76 bits per heavy atom. The van der Waals surface area contributed by atoms with Crippen molar-refractivity contribution in [3.8, 4) is 0 Å². The molecule has 0 unspecified atom stereocenters. The molecule has 7 heteroatoms. The van der Waals surface area contributed by atoms with Gasteiger partial charge in [-0.2, -0.15) is 0 Å². The maximum absolute atomic E-state index is 12.8. The molecular formula is C26H37N3O4. The van der Waals surface area contributed by atoms with Crippen molar-refractivity contribution >= 4 is 12.0 Å². The third-order valence-corrected chi connectivity index (χ3v) is 4.73. The average molecular weight is 456 g/mol.